The van der Waals surface area contributed by atoms with Crippen LogP contribution in [0.4, 0.5) is 4.39 Å². The molecule has 0 bridgehead atoms. The number of benzene rings is 1. The lowest BCUT2D eigenvalue weighted by Crippen LogP contribution is -2.39. The lowest BCUT2D eigenvalue weighted by atomic mass is 9.97. The number of nitrogens with zero attached hydrogens (tertiary/aromatic N) is 4. The molecule has 3 aliphatic rings. The number of ether oxygens (including phenoxy) is 2. The van der Waals surface area contributed by atoms with Crippen LogP contribution in [-0.2, 0) is 21.4 Å². The molecule has 4 aromatic rings. The monoisotopic (exact) mass is 600 g/mol. The third kappa shape index (κ3) is 4.45. The van der Waals surface area contributed by atoms with Crippen molar-refractivity contribution >= 4 is 34.9 Å². The molecule has 0 saturated heterocycles. The SMILES string of the molecule is CCCC1CC1(C)c1cc(C(=O)N2CCc3sccc3C2C)nc2cc(-c3ccc4c(c3F)OCC(C(=O)OC)=C4)nn12. The first kappa shape index (κ1) is 27.8. The number of hydrogen-bond acceptors (Lipinski definition) is 7. The van der Waals surface area contributed by atoms with Crippen molar-refractivity contribution in [1.29, 1.82) is 0 Å². The normalized spacial score (nSPS) is 22.4. The first-order valence-electron chi connectivity index (χ1n) is 14.8. The molecule has 1 aromatic carbocycles. The highest BCUT2D eigenvalue weighted by molar-refractivity contribution is 7.10. The van der Waals surface area contributed by atoms with Gasteiger partial charge in [-0.25, -0.2) is 18.7 Å². The van der Waals surface area contributed by atoms with Gasteiger partial charge in [0.2, 0.25) is 0 Å². The quantitative estimate of drug-likeness (QED) is 0.239. The number of hydrogen-bond donors (Lipinski definition) is 0. The fourth-order valence-electron chi connectivity index (χ4n) is 6.75. The molecule has 10 heteroatoms. The van der Waals surface area contributed by atoms with Gasteiger partial charge in [0, 0.05) is 34.0 Å². The summed E-state index contributed by atoms with van der Waals surface area (Å²) in [6, 6.07) is 9.06. The summed E-state index contributed by atoms with van der Waals surface area (Å²) in [4.78, 5) is 34.0. The van der Waals surface area contributed by atoms with Gasteiger partial charge in [-0.1, -0.05) is 26.3 Å². The Morgan fingerprint density at radius 1 is 1.26 bits per heavy atom. The Morgan fingerprint density at radius 2 is 2.09 bits per heavy atom. The maximum Gasteiger partial charge on any atom is 0.337 e. The molecular formula is C33H33FN4O4S. The van der Waals surface area contributed by atoms with Crippen molar-refractivity contribution in [2.24, 2.45) is 5.92 Å². The number of carbonyl (C=O) groups is 2. The van der Waals surface area contributed by atoms with Gasteiger partial charge < -0.3 is 14.4 Å². The Morgan fingerprint density at radius 3 is 2.88 bits per heavy atom. The van der Waals surface area contributed by atoms with Gasteiger partial charge in [-0.2, -0.15) is 5.10 Å². The maximum atomic E-state index is 15.9. The van der Waals surface area contributed by atoms with Crippen molar-refractivity contribution in [2.45, 2.75) is 57.9 Å². The second-order valence-corrected chi connectivity index (χ2v) is 13.0. The van der Waals surface area contributed by atoms with E-state index in [9.17, 15) is 9.59 Å². The fourth-order valence-corrected chi connectivity index (χ4v) is 7.71. The molecule has 3 aromatic heterocycles. The van der Waals surface area contributed by atoms with Gasteiger partial charge in [-0.15, -0.1) is 11.3 Å². The van der Waals surface area contributed by atoms with E-state index >= 15 is 4.39 Å². The Hall–Kier alpha value is -4.05. The van der Waals surface area contributed by atoms with Gasteiger partial charge in [-0.3, -0.25) is 4.79 Å². The van der Waals surface area contributed by atoms with E-state index < -0.39 is 11.8 Å². The lowest BCUT2D eigenvalue weighted by molar-refractivity contribution is -0.136. The van der Waals surface area contributed by atoms with Crippen molar-refractivity contribution in [3.63, 3.8) is 0 Å². The van der Waals surface area contributed by atoms with Crippen LogP contribution in [0, 0.1) is 11.7 Å². The van der Waals surface area contributed by atoms with E-state index in [-0.39, 0.29) is 35.3 Å². The summed E-state index contributed by atoms with van der Waals surface area (Å²) in [6.45, 7) is 7.03. The zero-order valence-corrected chi connectivity index (χ0v) is 25.5. The van der Waals surface area contributed by atoms with Crippen LogP contribution in [0.5, 0.6) is 5.75 Å². The van der Waals surface area contributed by atoms with Crippen LogP contribution in [0.2, 0.25) is 0 Å². The Bertz CT molecular complexity index is 1830. The number of carbonyl (C=O) groups excluding carboxylic acids is 2. The zero-order chi connectivity index (χ0) is 30.0. The summed E-state index contributed by atoms with van der Waals surface area (Å²) in [7, 11) is 1.30. The van der Waals surface area contributed by atoms with Crippen LogP contribution in [-0.4, -0.2) is 51.6 Å². The summed E-state index contributed by atoms with van der Waals surface area (Å²) < 4.78 is 28.1. The molecular weight excluding hydrogens is 567 g/mol. The molecule has 1 fully saturated rings. The molecule has 0 spiro atoms. The molecule has 0 N–H and O–H groups in total. The minimum Gasteiger partial charge on any atom is -0.485 e. The standard InChI is InChI=1S/C33H33FN4O4S/c1-5-6-21-16-33(21,3)27-14-25(31(39)37-11-9-26-22(18(37)2)10-12-43-26)35-28-15-24(36-38(27)28)23-8-7-19-13-20(32(40)41-4)17-42-30(19)29(23)34/h7-8,10,12-15,18,21H,5-6,9,11,16-17H2,1-4H3. The Labute approximate surface area is 253 Å². The van der Waals surface area contributed by atoms with Gasteiger partial charge in [0.1, 0.15) is 12.3 Å². The number of esters is 1. The lowest BCUT2D eigenvalue weighted by Gasteiger charge is -2.33. The molecule has 1 aliphatic carbocycles. The smallest absolute Gasteiger partial charge is 0.337 e. The predicted molar refractivity (Wildman–Crippen MR) is 162 cm³/mol. The number of aromatic nitrogens is 3. The molecule has 3 atom stereocenters. The number of fused-ring (bicyclic) bond motifs is 3. The summed E-state index contributed by atoms with van der Waals surface area (Å²) >= 11 is 1.74. The second kappa shape index (κ2) is 10.3. The van der Waals surface area contributed by atoms with Gasteiger partial charge in [0.15, 0.2) is 17.2 Å². The largest absolute Gasteiger partial charge is 0.485 e. The average Bonchev–Trinajstić information content (AvgIpc) is 3.34. The van der Waals surface area contributed by atoms with Gasteiger partial charge in [0.05, 0.1) is 30.1 Å². The van der Waals surface area contributed by atoms with E-state index in [2.05, 4.69) is 32.2 Å². The van der Waals surface area contributed by atoms with Gasteiger partial charge in [-0.05, 0) is 67.3 Å². The van der Waals surface area contributed by atoms with Gasteiger partial charge >= 0.3 is 5.97 Å². The second-order valence-electron chi connectivity index (χ2n) is 12.0. The highest BCUT2D eigenvalue weighted by atomic mass is 32.1. The zero-order valence-electron chi connectivity index (χ0n) is 24.6. The molecule has 222 valence electrons. The molecule has 7 rings (SSSR count). The van der Waals surface area contributed by atoms with Crippen LogP contribution < -0.4 is 4.74 Å². The topological polar surface area (TPSA) is 86.0 Å². The molecule has 2 aliphatic heterocycles. The van der Waals surface area contributed by atoms with Crippen molar-refractivity contribution in [3.8, 4) is 17.0 Å². The first-order chi connectivity index (χ1) is 20.7. The fraction of sp³-hybridized carbons (Fsp3) is 0.394. The number of methoxy groups -OCH3 is 1. The summed E-state index contributed by atoms with van der Waals surface area (Å²) in [6.07, 6.45) is 5.57. The Kier molecular flexibility index (Phi) is 6.65. The summed E-state index contributed by atoms with van der Waals surface area (Å²) in [5, 5.41) is 6.94. The van der Waals surface area contributed by atoms with Crippen LogP contribution in [0.25, 0.3) is 23.0 Å². The number of halogens is 1. The third-order valence-electron chi connectivity index (χ3n) is 9.37. The van der Waals surface area contributed by atoms with Crippen molar-refractivity contribution in [2.75, 3.05) is 20.3 Å². The predicted octanol–water partition coefficient (Wildman–Crippen LogP) is 6.38. The minimum atomic E-state index is -0.561. The molecule has 3 unspecified atom stereocenters. The number of amides is 1. The van der Waals surface area contributed by atoms with Crippen LogP contribution in [0.15, 0.2) is 41.3 Å². The van der Waals surface area contributed by atoms with E-state index in [4.69, 9.17) is 19.6 Å². The van der Waals surface area contributed by atoms with E-state index in [1.54, 1.807) is 40.1 Å². The number of thiophene rings is 1. The van der Waals surface area contributed by atoms with E-state index in [0.717, 1.165) is 31.4 Å². The van der Waals surface area contributed by atoms with Crippen LogP contribution in [0.1, 0.15) is 78.3 Å². The highest BCUT2D eigenvalue weighted by Gasteiger charge is 2.52. The molecule has 1 saturated carbocycles. The maximum absolute atomic E-state index is 15.9. The minimum absolute atomic E-state index is 0.0351. The summed E-state index contributed by atoms with van der Waals surface area (Å²) in [5.74, 6) is -0.632. The van der Waals surface area contributed by atoms with Crippen molar-refractivity contribution in [3.05, 3.63) is 74.5 Å². The average molecular weight is 601 g/mol. The number of rotatable bonds is 6. The molecule has 43 heavy (non-hydrogen) atoms. The van der Waals surface area contributed by atoms with Crippen molar-refractivity contribution in [1.82, 2.24) is 19.5 Å². The van der Waals surface area contributed by atoms with E-state index in [0.29, 0.717) is 40.6 Å². The third-order valence-corrected chi connectivity index (χ3v) is 10.4. The Balaban J connectivity index is 1.31. The summed E-state index contributed by atoms with van der Waals surface area (Å²) in [5.41, 5.74) is 4.30. The highest BCUT2D eigenvalue weighted by Crippen LogP contribution is 2.56. The van der Waals surface area contributed by atoms with E-state index in [1.165, 1.54) is 17.6 Å². The molecule has 8 nitrogen and oxygen atoms in total. The van der Waals surface area contributed by atoms with Crippen molar-refractivity contribution < 1.29 is 23.5 Å². The molecule has 0 radical (unpaired) electrons. The van der Waals surface area contributed by atoms with Gasteiger partial charge in [0.25, 0.3) is 5.91 Å². The van der Waals surface area contributed by atoms with Crippen LogP contribution >= 0.6 is 11.3 Å². The molecule has 5 heterocycles. The molecule has 1 amide bonds. The van der Waals surface area contributed by atoms with E-state index in [1.807, 2.05) is 11.0 Å². The van der Waals surface area contributed by atoms with Crippen LogP contribution in [0.3, 0.4) is 0 Å². The first-order valence-corrected chi connectivity index (χ1v) is 15.6.